The van der Waals surface area contributed by atoms with Crippen LogP contribution >= 0.6 is 11.6 Å². The Hall–Kier alpha value is -0.610. The molecule has 0 aliphatic heterocycles. The van der Waals surface area contributed by atoms with Crippen molar-refractivity contribution in [3.05, 3.63) is 34.9 Å². The number of hydrogen-bond acceptors (Lipinski definition) is 3. The van der Waals surface area contributed by atoms with Crippen molar-refractivity contribution in [2.75, 3.05) is 19.7 Å². The molecule has 3 nitrogen and oxygen atoms in total. The van der Waals surface area contributed by atoms with E-state index < -0.39 is 6.10 Å². The van der Waals surface area contributed by atoms with Crippen molar-refractivity contribution in [1.82, 2.24) is 5.32 Å². The first-order valence-corrected chi connectivity index (χ1v) is 7.57. The Morgan fingerprint density at radius 2 is 2.15 bits per heavy atom. The van der Waals surface area contributed by atoms with E-state index in [1.54, 1.807) is 0 Å². The fourth-order valence-corrected chi connectivity index (χ4v) is 2.52. The van der Waals surface area contributed by atoms with E-state index in [9.17, 15) is 5.11 Å². The van der Waals surface area contributed by atoms with Crippen molar-refractivity contribution in [3.8, 4) is 0 Å². The third-order valence-corrected chi connectivity index (χ3v) is 4.38. The molecule has 1 aromatic rings. The highest BCUT2D eigenvalue weighted by atomic mass is 35.5. The molecule has 2 N–H and O–H groups in total. The monoisotopic (exact) mass is 297 g/mol. The third kappa shape index (κ3) is 4.74. The molecule has 0 amide bonds. The highest BCUT2D eigenvalue weighted by Crippen LogP contribution is 2.50. The van der Waals surface area contributed by atoms with Gasteiger partial charge in [0.05, 0.1) is 19.3 Å². The second-order valence-corrected chi connectivity index (χ2v) is 6.72. The number of aliphatic hydroxyl groups excluding tert-OH is 1. The van der Waals surface area contributed by atoms with Crippen LogP contribution in [0.3, 0.4) is 0 Å². The normalized spacial score (nSPS) is 21.7. The first-order valence-electron chi connectivity index (χ1n) is 7.19. The quantitative estimate of drug-likeness (QED) is 0.775. The first-order chi connectivity index (χ1) is 9.49. The Kier molecular flexibility index (Phi) is 5.44. The van der Waals surface area contributed by atoms with Crippen LogP contribution in [0.2, 0.25) is 5.02 Å². The van der Waals surface area contributed by atoms with Crippen molar-refractivity contribution in [3.63, 3.8) is 0 Å². The molecule has 0 radical (unpaired) electrons. The predicted octanol–water partition coefficient (Wildman–Crippen LogP) is 2.85. The van der Waals surface area contributed by atoms with Gasteiger partial charge in [-0.1, -0.05) is 43.6 Å². The van der Waals surface area contributed by atoms with E-state index in [0.717, 1.165) is 18.0 Å². The molecule has 1 aliphatic carbocycles. The molecule has 0 aromatic heterocycles. The fourth-order valence-electron chi connectivity index (χ4n) is 2.33. The lowest BCUT2D eigenvalue weighted by Gasteiger charge is -2.13. The Balaban J connectivity index is 1.56. The van der Waals surface area contributed by atoms with Crippen LogP contribution in [-0.4, -0.2) is 30.9 Å². The van der Waals surface area contributed by atoms with Gasteiger partial charge in [0.2, 0.25) is 0 Å². The number of hydrogen-bond donors (Lipinski definition) is 2. The van der Waals surface area contributed by atoms with Gasteiger partial charge in [-0.05, 0) is 35.9 Å². The number of halogens is 1. The highest BCUT2D eigenvalue weighted by Gasteiger charge is 2.44. The minimum Gasteiger partial charge on any atom is -0.389 e. The lowest BCUT2D eigenvalue weighted by Crippen LogP contribution is -2.32. The zero-order valence-electron chi connectivity index (χ0n) is 12.2. The van der Waals surface area contributed by atoms with Gasteiger partial charge in [0.15, 0.2) is 0 Å². The van der Waals surface area contributed by atoms with E-state index in [1.165, 1.54) is 6.42 Å². The molecular weight excluding hydrogens is 274 g/mol. The number of rotatable bonds is 8. The highest BCUT2D eigenvalue weighted by molar-refractivity contribution is 6.31. The predicted molar refractivity (Wildman–Crippen MR) is 81.9 cm³/mol. The van der Waals surface area contributed by atoms with Gasteiger partial charge in [0.25, 0.3) is 0 Å². The lowest BCUT2D eigenvalue weighted by atomic mass is 10.1. The Bertz CT molecular complexity index is 436. The topological polar surface area (TPSA) is 41.5 Å². The molecule has 2 unspecified atom stereocenters. The zero-order valence-corrected chi connectivity index (χ0v) is 13.0. The van der Waals surface area contributed by atoms with E-state index in [4.69, 9.17) is 16.3 Å². The molecule has 20 heavy (non-hydrogen) atoms. The van der Waals surface area contributed by atoms with Crippen molar-refractivity contribution >= 4 is 11.6 Å². The molecule has 1 aliphatic rings. The van der Waals surface area contributed by atoms with Crippen LogP contribution in [0.15, 0.2) is 24.3 Å². The van der Waals surface area contributed by atoms with Gasteiger partial charge in [-0.2, -0.15) is 0 Å². The molecule has 0 spiro atoms. The smallest absolute Gasteiger partial charge is 0.0897 e. The Labute approximate surface area is 126 Å². The van der Waals surface area contributed by atoms with Crippen LogP contribution in [0, 0.1) is 11.3 Å². The molecule has 2 atom stereocenters. The van der Waals surface area contributed by atoms with Crippen LogP contribution in [0.25, 0.3) is 0 Å². The number of aliphatic hydroxyl groups is 1. The minimum atomic E-state index is -0.473. The van der Waals surface area contributed by atoms with Crippen molar-refractivity contribution in [2.24, 2.45) is 11.3 Å². The van der Waals surface area contributed by atoms with Gasteiger partial charge < -0.3 is 15.2 Å². The lowest BCUT2D eigenvalue weighted by molar-refractivity contribution is 0.0288. The van der Waals surface area contributed by atoms with Crippen molar-refractivity contribution < 1.29 is 9.84 Å². The molecular formula is C16H24ClNO2. The van der Waals surface area contributed by atoms with Crippen LogP contribution < -0.4 is 5.32 Å². The summed E-state index contributed by atoms with van der Waals surface area (Å²) in [5.41, 5.74) is 1.44. The summed E-state index contributed by atoms with van der Waals surface area (Å²) in [4.78, 5) is 0. The molecule has 2 rings (SSSR count). The summed E-state index contributed by atoms with van der Waals surface area (Å²) < 4.78 is 5.50. The van der Waals surface area contributed by atoms with Crippen molar-refractivity contribution in [1.29, 1.82) is 0 Å². The summed E-state index contributed by atoms with van der Waals surface area (Å²) in [6, 6.07) is 7.60. The summed E-state index contributed by atoms with van der Waals surface area (Å²) in [7, 11) is 0. The summed E-state index contributed by atoms with van der Waals surface area (Å²) in [5, 5.41) is 13.9. The van der Waals surface area contributed by atoms with Gasteiger partial charge in [0.1, 0.15) is 0 Å². The fraction of sp³-hybridized carbons (Fsp3) is 0.625. The third-order valence-electron chi connectivity index (χ3n) is 4.01. The molecule has 1 saturated carbocycles. The van der Waals surface area contributed by atoms with Gasteiger partial charge in [0, 0.05) is 11.6 Å². The maximum Gasteiger partial charge on any atom is 0.0897 e. The summed E-state index contributed by atoms with van der Waals surface area (Å²) in [6.45, 7) is 6.88. The van der Waals surface area contributed by atoms with Crippen LogP contribution in [0.1, 0.15) is 25.8 Å². The molecule has 4 heteroatoms. The van der Waals surface area contributed by atoms with E-state index in [2.05, 4.69) is 19.2 Å². The van der Waals surface area contributed by atoms with E-state index in [0.29, 0.717) is 30.2 Å². The molecule has 0 saturated heterocycles. The Morgan fingerprint density at radius 1 is 1.45 bits per heavy atom. The number of ether oxygens (including phenoxy) is 1. The number of nitrogens with one attached hydrogen (secondary N) is 1. The van der Waals surface area contributed by atoms with Crippen LogP contribution in [0.4, 0.5) is 0 Å². The molecule has 0 heterocycles. The Morgan fingerprint density at radius 3 is 2.80 bits per heavy atom. The average Bonchev–Trinajstić information content (AvgIpc) is 2.99. The van der Waals surface area contributed by atoms with E-state index in [-0.39, 0.29) is 0 Å². The maximum atomic E-state index is 9.84. The van der Waals surface area contributed by atoms with Crippen LogP contribution in [-0.2, 0) is 11.3 Å². The summed E-state index contributed by atoms with van der Waals surface area (Å²) in [6.07, 6.45) is 0.804. The largest absolute Gasteiger partial charge is 0.389 e. The van der Waals surface area contributed by atoms with Crippen molar-refractivity contribution in [2.45, 2.75) is 33.0 Å². The van der Waals surface area contributed by atoms with Gasteiger partial charge in [-0.25, -0.2) is 0 Å². The molecule has 1 aromatic carbocycles. The molecule has 0 bridgehead atoms. The number of benzene rings is 1. The van der Waals surface area contributed by atoms with Crippen LogP contribution in [0.5, 0.6) is 0 Å². The van der Waals surface area contributed by atoms with Gasteiger partial charge >= 0.3 is 0 Å². The standard InChI is InChI=1S/C16H24ClNO2/c1-16(2)7-13(16)8-18-9-14(19)11-20-10-12-5-3-4-6-15(12)17/h3-6,13-14,18-19H,7-11H2,1-2H3. The SMILES string of the molecule is CC1(C)CC1CNCC(O)COCc1ccccc1Cl. The van der Waals surface area contributed by atoms with Gasteiger partial charge in [-0.3, -0.25) is 0 Å². The summed E-state index contributed by atoms with van der Waals surface area (Å²) in [5.74, 6) is 0.749. The molecule has 112 valence electrons. The second kappa shape index (κ2) is 6.90. The van der Waals surface area contributed by atoms with E-state index in [1.807, 2.05) is 24.3 Å². The summed E-state index contributed by atoms with van der Waals surface area (Å²) >= 11 is 6.04. The maximum absolute atomic E-state index is 9.84. The average molecular weight is 298 g/mol. The zero-order chi connectivity index (χ0) is 14.6. The second-order valence-electron chi connectivity index (χ2n) is 6.31. The molecule has 1 fully saturated rings. The van der Waals surface area contributed by atoms with Gasteiger partial charge in [-0.15, -0.1) is 0 Å². The minimum absolute atomic E-state index is 0.326. The van der Waals surface area contributed by atoms with E-state index >= 15 is 0 Å². The first kappa shape index (κ1) is 15.8.